The van der Waals surface area contributed by atoms with E-state index in [4.69, 9.17) is 23.2 Å². The highest BCUT2D eigenvalue weighted by Gasteiger charge is 2.14. The Kier molecular flexibility index (Phi) is 4.45. The van der Waals surface area contributed by atoms with Crippen LogP contribution in [0.4, 0.5) is 5.69 Å². The maximum atomic E-state index is 12.2. The molecule has 1 heterocycles. The van der Waals surface area contributed by atoms with Gasteiger partial charge in [0.2, 0.25) is 0 Å². The Hall–Kier alpha value is -1.10. The minimum atomic E-state index is -0.352. The second kappa shape index (κ2) is 5.90. The topological polar surface area (TPSA) is 42.0 Å². The van der Waals surface area contributed by atoms with E-state index in [2.05, 4.69) is 26.2 Å². The van der Waals surface area contributed by atoms with Crippen molar-refractivity contribution < 1.29 is 4.79 Å². The van der Waals surface area contributed by atoms with Crippen molar-refractivity contribution in [3.8, 4) is 0 Å². The average molecular weight is 360 g/mol. The van der Waals surface area contributed by atoms with Crippen LogP contribution in [0.15, 0.2) is 34.9 Å². The first-order valence-corrected chi connectivity index (χ1v) is 6.91. The second-order valence-electron chi connectivity index (χ2n) is 3.88. The highest BCUT2D eigenvalue weighted by Crippen LogP contribution is 2.27. The molecule has 0 aliphatic carbocycles. The van der Waals surface area contributed by atoms with Crippen LogP contribution in [0.1, 0.15) is 15.9 Å². The summed E-state index contributed by atoms with van der Waals surface area (Å²) in [5.41, 5.74) is 1.74. The summed E-state index contributed by atoms with van der Waals surface area (Å²) in [6, 6.07) is 7.00. The number of hydrogen-bond acceptors (Lipinski definition) is 2. The summed E-state index contributed by atoms with van der Waals surface area (Å²) in [6.45, 7) is 1.86. The van der Waals surface area contributed by atoms with Crippen molar-refractivity contribution in [2.24, 2.45) is 0 Å². The van der Waals surface area contributed by atoms with E-state index in [0.29, 0.717) is 15.2 Å². The number of halogens is 3. The van der Waals surface area contributed by atoms with Gasteiger partial charge in [0.25, 0.3) is 5.91 Å². The normalized spacial score (nSPS) is 10.3. The molecule has 0 radical (unpaired) electrons. The van der Waals surface area contributed by atoms with Gasteiger partial charge in [0.1, 0.15) is 5.15 Å². The van der Waals surface area contributed by atoms with Crippen molar-refractivity contribution in [3.63, 3.8) is 0 Å². The van der Waals surface area contributed by atoms with Gasteiger partial charge in [-0.1, -0.05) is 35.3 Å². The standard InChI is InChI=1S/C13H9BrCl2N2O/c1-7-3-2-4-10(15)11(7)18-13(19)9-5-8(14)6-17-12(9)16/h2-6H,1H3,(H,18,19). The van der Waals surface area contributed by atoms with E-state index in [1.165, 1.54) is 6.20 Å². The number of aromatic nitrogens is 1. The van der Waals surface area contributed by atoms with Crippen LogP contribution in [0, 0.1) is 6.92 Å². The molecule has 2 aromatic rings. The first-order valence-electron chi connectivity index (χ1n) is 5.36. The number of nitrogens with zero attached hydrogens (tertiary/aromatic N) is 1. The number of para-hydroxylation sites is 1. The van der Waals surface area contributed by atoms with Crippen LogP contribution >= 0.6 is 39.1 Å². The van der Waals surface area contributed by atoms with Crippen molar-refractivity contribution in [2.75, 3.05) is 5.32 Å². The summed E-state index contributed by atoms with van der Waals surface area (Å²) >= 11 is 15.2. The molecule has 0 spiro atoms. The first kappa shape index (κ1) is 14.3. The van der Waals surface area contributed by atoms with Gasteiger partial charge >= 0.3 is 0 Å². The van der Waals surface area contributed by atoms with Crippen LogP contribution in [0.2, 0.25) is 10.2 Å². The molecule has 0 aliphatic heterocycles. The van der Waals surface area contributed by atoms with E-state index >= 15 is 0 Å². The van der Waals surface area contributed by atoms with Gasteiger partial charge in [-0.3, -0.25) is 4.79 Å². The summed E-state index contributed by atoms with van der Waals surface area (Å²) in [4.78, 5) is 16.1. The number of benzene rings is 1. The summed E-state index contributed by atoms with van der Waals surface area (Å²) in [5, 5.41) is 3.37. The van der Waals surface area contributed by atoms with E-state index in [0.717, 1.165) is 5.56 Å². The molecule has 2 rings (SSSR count). The number of pyridine rings is 1. The van der Waals surface area contributed by atoms with Crippen LogP contribution < -0.4 is 5.32 Å². The molecule has 0 atom stereocenters. The molecule has 0 fully saturated rings. The highest BCUT2D eigenvalue weighted by atomic mass is 79.9. The summed E-state index contributed by atoms with van der Waals surface area (Å²) in [7, 11) is 0. The number of amides is 1. The summed E-state index contributed by atoms with van der Waals surface area (Å²) in [5.74, 6) is -0.352. The van der Waals surface area contributed by atoms with Gasteiger partial charge < -0.3 is 5.32 Å². The molecule has 0 unspecified atom stereocenters. The van der Waals surface area contributed by atoms with Crippen LogP contribution in [-0.2, 0) is 0 Å². The van der Waals surface area contributed by atoms with Crippen molar-refractivity contribution >= 4 is 50.7 Å². The predicted molar refractivity (Wildman–Crippen MR) is 81.1 cm³/mol. The molecule has 1 aromatic carbocycles. The van der Waals surface area contributed by atoms with Crippen LogP contribution in [0.3, 0.4) is 0 Å². The smallest absolute Gasteiger partial charge is 0.258 e. The van der Waals surface area contributed by atoms with E-state index in [-0.39, 0.29) is 16.6 Å². The Morgan fingerprint density at radius 2 is 2.11 bits per heavy atom. The number of hydrogen-bond donors (Lipinski definition) is 1. The van der Waals surface area contributed by atoms with Crippen molar-refractivity contribution in [2.45, 2.75) is 6.92 Å². The highest BCUT2D eigenvalue weighted by molar-refractivity contribution is 9.10. The maximum Gasteiger partial charge on any atom is 0.258 e. The maximum absolute atomic E-state index is 12.2. The van der Waals surface area contributed by atoms with Crippen LogP contribution in [0.25, 0.3) is 0 Å². The minimum Gasteiger partial charge on any atom is -0.320 e. The fraction of sp³-hybridized carbons (Fsp3) is 0.0769. The van der Waals surface area contributed by atoms with Gasteiger partial charge in [0, 0.05) is 10.7 Å². The van der Waals surface area contributed by atoms with Gasteiger partial charge in [-0.2, -0.15) is 0 Å². The average Bonchev–Trinajstić information content (AvgIpc) is 2.37. The number of nitrogens with one attached hydrogen (secondary N) is 1. The van der Waals surface area contributed by atoms with Gasteiger partial charge in [0.05, 0.1) is 16.3 Å². The quantitative estimate of drug-likeness (QED) is 0.789. The molecule has 0 saturated heterocycles. The van der Waals surface area contributed by atoms with E-state index in [9.17, 15) is 4.79 Å². The molecule has 6 heteroatoms. The Balaban J connectivity index is 2.34. The molecular formula is C13H9BrCl2N2O. The summed E-state index contributed by atoms with van der Waals surface area (Å²) in [6.07, 6.45) is 1.53. The molecule has 0 saturated carbocycles. The largest absolute Gasteiger partial charge is 0.320 e. The number of rotatable bonds is 2. The molecule has 1 N–H and O–H groups in total. The van der Waals surface area contributed by atoms with Gasteiger partial charge in [0.15, 0.2) is 0 Å². The predicted octanol–water partition coefficient (Wildman–Crippen LogP) is 4.71. The van der Waals surface area contributed by atoms with Gasteiger partial charge in [-0.05, 0) is 40.5 Å². The lowest BCUT2D eigenvalue weighted by atomic mass is 10.2. The SMILES string of the molecule is Cc1cccc(Cl)c1NC(=O)c1cc(Br)cnc1Cl. The minimum absolute atomic E-state index is 0.144. The van der Waals surface area contributed by atoms with E-state index in [1.54, 1.807) is 12.1 Å². The summed E-state index contributed by atoms with van der Waals surface area (Å²) < 4.78 is 0.679. The molecule has 98 valence electrons. The second-order valence-corrected chi connectivity index (χ2v) is 5.56. The Morgan fingerprint density at radius 3 is 2.79 bits per heavy atom. The van der Waals surface area contributed by atoms with Gasteiger partial charge in [-0.25, -0.2) is 4.98 Å². The number of anilines is 1. The van der Waals surface area contributed by atoms with Gasteiger partial charge in [-0.15, -0.1) is 0 Å². The fourth-order valence-corrected chi connectivity index (χ4v) is 2.34. The molecular weight excluding hydrogens is 351 g/mol. The third-order valence-electron chi connectivity index (χ3n) is 2.51. The Morgan fingerprint density at radius 1 is 1.37 bits per heavy atom. The monoisotopic (exact) mass is 358 g/mol. The van der Waals surface area contributed by atoms with Crippen LogP contribution in [-0.4, -0.2) is 10.9 Å². The number of carbonyl (C=O) groups is 1. The molecule has 1 amide bonds. The third-order valence-corrected chi connectivity index (χ3v) is 3.56. The Labute approximate surface area is 129 Å². The zero-order valence-electron chi connectivity index (χ0n) is 9.88. The molecule has 19 heavy (non-hydrogen) atoms. The van der Waals surface area contributed by atoms with Crippen molar-refractivity contribution in [3.05, 3.63) is 56.2 Å². The molecule has 0 aliphatic rings. The lowest BCUT2D eigenvalue weighted by Gasteiger charge is -2.10. The zero-order valence-corrected chi connectivity index (χ0v) is 13.0. The molecule has 0 bridgehead atoms. The first-order chi connectivity index (χ1) is 8.99. The number of aryl methyl sites for hydroxylation is 1. The van der Waals surface area contributed by atoms with E-state index in [1.807, 2.05) is 19.1 Å². The van der Waals surface area contributed by atoms with E-state index < -0.39 is 0 Å². The van der Waals surface area contributed by atoms with Crippen molar-refractivity contribution in [1.82, 2.24) is 4.98 Å². The lowest BCUT2D eigenvalue weighted by Crippen LogP contribution is -2.14. The lowest BCUT2D eigenvalue weighted by molar-refractivity contribution is 0.102. The third kappa shape index (κ3) is 3.26. The molecule has 3 nitrogen and oxygen atoms in total. The van der Waals surface area contributed by atoms with Crippen molar-refractivity contribution in [1.29, 1.82) is 0 Å². The molecule has 1 aromatic heterocycles. The number of carbonyl (C=O) groups excluding carboxylic acids is 1. The van der Waals surface area contributed by atoms with Crippen LogP contribution in [0.5, 0.6) is 0 Å². The fourth-order valence-electron chi connectivity index (χ4n) is 1.55. The zero-order chi connectivity index (χ0) is 14.0. The Bertz CT molecular complexity index is 626.